The van der Waals surface area contributed by atoms with E-state index in [1.165, 1.54) is 4.31 Å². The maximum Gasteiger partial charge on any atom is 0.323 e. The van der Waals surface area contributed by atoms with Crippen LogP contribution >= 0.6 is 0 Å². The third-order valence-electron chi connectivity index (χ3n) is 4.78. The molecule has 6 nitrogen and oxygen atoms in total. The second-order valence-corrected chi connectivity index (χ2v) is 8.64. The largest absolute Gasteiger partial charge is 0.323 e. The van der Waals surface area contributed by atoms with E-state index in [0.29, 0.717) is 23.6 Å². The average Bonchev–Trinajstić information content (AvgIpc) is 2.74. The topological polar surface area (TPSA) is 78.5 Å². The lowest BCUT2D eigenvalue weighted by atomic mass is 10.0. The van der Waals surface area contributed by atoms with Crippen LogP contribution in [0.5, 0.6) is 0 Å². The molecule has 0 aliphatic carbocycles. The molecule has 0 bridgehead atoms. The minimum Gasteiger partial charge on any atom is -0.308 e. The molecule has 1 heterocycles. The third kappa shape index (κ3) is 4.09. The van der Waals surface area contributed by atoms with Crippen molar-refractivity contribution in [3.05, 3.63) is 84.4 Å². The van der Waals surface area contributed by atoms with Crippen LogP contribution in [0.3, 0.4) is 0 Å². The smallest absolute Gasteiger partial charge is 0.308 e. The van der Waals surface area contributed by atoms with Crippen molar-refractivity contribution in [2.24, 2.45) is 0 Å². The SMILES string of the molecule is O=C(Nc1ccccc1)Nc1ccc2c(c1)CCCN2S(=O)(=O)c1ccccc1. The zero-order valence-electron chi connectivity index (χ0n) is 15.7. The highest BCUT2D eigenvalue weighted by atomic mass is 32.2. The lowest BCUT2D eigenvalue weighted by Gasteiger charge is -2.30. The Morgan fingerprint density at radius 2 is 1.48 bits per heavy atom. The van der Waals surface area contributed by atoms with Crippen LogP contribution in [0.15, 0.2) is 83.8 Å². The fraction of sp³-hybridized carbons (Fsp3) is 0.136. The van der Waals surface area contributed by atoms with E-state index in [4.69, 9.17) is 0 Å². The third-order valence-corrected chi connectivity index (χ3v) is 6.60. The lowest BCUT2D eigenvalue weighted by Crippen LogP contribution is -2.35. The van der Waals surface area contributed by atoms with Crippen LogP contribution in [0.4, 0.5) is 21.9 Å². The number of benzene rings is 3. The molecule has 0 saturated heterocycles. The molecule has 0 spiro atoms. The molecule has 0 saturated carbocycles. The summed E-state index contributed by atoms with van der Waals surface area (Å²) in [6.45, 7) is 0.436. The lowest BCUT2D eigenvalue weighted by molar-refractivity contribution is 0.262. The van der Waals surface area contributed by atoms with Gasteiger partial charge in [-0.2, -0.15) is 0 Å². The average molecular weight is 407 g/mol. The molecule has 0 unspecified atom stereocenters. The van der Waals surface area contributed by atoms with E-state index in [2.05, 4.69) is 10.6 Å². The van der Waals surface area contributed by atoms with Crippen molar-refractivity contribution >= 4 is 33.1 Å². The molecule has 2 N–H and O–H groups in total. The first-order valence-electron chi connectivity index (χ1n) is 9.38. The second-order valence-electron chi connectivity index (χ2n) is 6.78. The standard InChI is InChI=1S/C22H21N3O3S/c26-22(23-18-9-3-1-4-10-18)24-19-13-14-21-17(16-19)8-7-15-25(21)29(27,28)20-11-5-2-6-12-20/h1-6,9-14,16H,7-8,15H2,(H2,23,24,26). The van der Waals surface area contributed by atoms with E-state index in [1.54, 1.807) is 54.6 Å². The number of anilines is 3. The zero-order chi connectivity index (χ0) is 20.3. The maximum atomic E-state index is 13.1. The van der Waals surface area contributed by atoms with Gasteiger partial charge in [0.1, 0.15) is 0 Å². The number of amides is 2. The Bertz CT molecular complexity index is 1120. The van der Waals surface area contributed by atoms with Gasteiger partial charge < -0.3 is 10.6 Å². The van der Waals surface area contributed by atoms with Gasteiger partial charge in [-0.1, -0.05) is 36.4 Å². The van der Waals surface area contributed by atoms with Crippen molar-refractivity contribution in [3.8, 4) is 0 Å². The van der Waals surface area contributed by atoms with E-state index in [9.17, 15) is 13.2 Å². The first-order chi connectivity index (χ1) is 14.0. The molecule has 3 aromatic rings. The molecule has 0 aromatic heterocycles. The highest BCUT2D eigenvalue weighted by molar-refractivity contribution is 7.92. The van der Waals surface area contributed by atoms with Gasteiger partial charge in [0.05, 0.1) is 10.6 Å². The van der Waals surface area contributed by atoms with Gasteiger partial charge in [0, 0.05) is 17.9 Å². The summed E-state index contributed by atoms with van der Waals surface area (Å²) in [4.78, 5) is 12.5. The number of hydrogen-bond donors (Lipinski definition) is 2. The molecule has 0 atom stereocenters. The number of carbonyl (C=O) groups excluding carboxylic acids is 1. The van der Waals surface area contributed by atoms with Crippen LogP contribution in [-0.4, -0.2) is 21.0 Å². The quantitative estimate of drug-likeness (QED) is 0.670. The van der Waals surface area contributed by atoms with Gasteiger partial charge >= 0.3 is 6.03 Å². The Kier molecular flexibility index (Phi) is 5.22. The summed E-state index contributed by atoms with van der Waals surface area (Å²) in [6.07, 6.45) is 1.48. The molecule has 1 aliphatic heterocycles. The number of hydrogen-bond acceptors (Lipinski definition) is 3. The summed E-state index contributed by atoms with van der Waals surface area (Å²) in [5.41, 5.74) is 2.88. The number of carbonyl (C=O) groups is 1. The van der Waals surface area contributed by atoms with Crippen molar-refractivity contribution in [2.45, 2.75) is 17.7 Å². The van der Waals surface area contributed by atoms with Crippen molar-refractivity contribution in [1.82, 2.24) is 0 Å². The molecular formula is C22H21N3O3S. The first kappa shape index (κ1) is 19.0. The number of nitrogens with zero attached hydrogens (tertiary/aromatic N) is 1. The predicted octanol–water partition coefficient (Wildman–Crippen LogP) is 4.47. The summed E-state index contributed by atoms with van der Waals surface area (Å²) in [5, 5.41) is 5.58. The summed E-state index contributed by atoms with van der Waals surface area (Å²) in [5.74, 6) is 0. The van der Waals surface area contributed by atoms with E-state index >= 15 is 0 Å². The molecule has 148 valence electrons. The normalized spacial score (nSPS) is 13.4. The Labute approximate surface area is 170 Å². The van der Waals surface area contributed by atoms with E-state index in [0.717, 1.165) is 18.4 Å². The van der Waals surface area contributed by atoms with Crippen molar-refractivity contribution in [1.29, 1.82) is 0 Å². The number of fused-ring (bicyclic) bond motifs is 1. The monoisotopic (exact) mass is 407 g/mol. The Morgan fingerprint density at radius 1 is 0.828 bits per heavy atom. The van der Waals surface area contributed by atoms with Gasteiger partial charge in [-0.15, -0.1) is 0 Å². The molecule has 7 heteroatoms. The highest BCUT2D eigenvalue weighted by Gasteiger charge is 2.29. The summed E-state index contributed by atoms with van der Waals surface area (Å²) in [6, 6.07) is 22.6. The van der Waals surface area contributed by atoms with E-state index < -0.39 is 10.0 Å². The van der Waals surface area contributed by atoms with E-state index in [1.807, 2.05) is 24.3 Å². The summed E-state index contributed by atoms with van der Waals surface area (Å²) < 4.78 is 27.6. The Morgan fingerprint density at radius 3 is 2.21 bits per heavy atom. The van der Waals surface area contributed by atoms with Crippen LogP contribution in [0, 0.1) is 0 Å². The highest BCUT2D eigenvalue weighted by Crippen LogP contribution is 2.33. The zero-order valence-corrected chi connectivity index (χ0v) is 16.5. The minimum absolute atomic E-state index is 0.275. The number of rotatable bonds is 4. The number of aryl methyl sites for hydroxylation is 1. The Hall–Kier alpha value is -3.32. The van der Waals surface area contributed by atoms with Gasteiger partial charge in [-0.05, 0) is 60.9 Å². The maximum absolute atomic E-state index is 13.1. The summed E-state index contributed by atoms with van der Waals surface area (Å²) in [7, 11) is -3.62. The molecule has 1 aliphatic rings. The van der Waals surface area contributed by atoms with Gasteiger partial charge in [0.2, 0.25) is 0 Å². The first-order valence-corrected chi connectivity index (χ1v) is 10.8. The van der Waals surface area contributed by atoms with Crippen LogP contribution in [0.1, 0.15) is 12.0 Å². The molecule has 29 heavy (non-hydrogen) atoms. The van der Waals surface area contributed by atoms with Gasteiger partial charge in [-0.3, -0.25) is 4.31 Å². The van der Waals surface area contributed by atoms with Crippen LogP contribution in [0.2, 0.25) is 0 Å². The van der Waals surface area contributed by atoms with Crippen LogP contribution in [-0.2, 0) is 16.4 Å². The second kappa shape index (κ2) is 7.97. The van der Waals surface area contributed by atoms with Gasteiger partial charge in [0.25, 0.3) is 10.0 Å². The molecular weight excluding hydrogens is 386 g/mol. The van der Waals surface area contributed by atoms with Crippen LogP contribution < -0.4 is 14.9 Å². The van der Waals surface area contributed by atoms with E-state index in [-0.39, 0.29) is 10.9 Å². The molecule has 0 radical (unpaired) electrons. The predicted molar refractivity (Wildman–Crippen MR) is 115 cm³/mol. The fourth-order valence-corrected chi connectivity index (χ4v) is 4.99. The molecule has 4 rings (SSSR count). The van der Waals surface area contributed by atoms with Crippen LogP contribution in [0.25, 0.3) is 0 Å². The summed E-state index contributed by atoms with van der Waals surface area (Å²) >= 11 is 0. The number of urea groups is 1. The van der Waals surface area contributed by atoms with Gasteiger partial charge in [-0.25, -0.2) is 13.2 Å². The fourth-order valence-electron chi connectivity index (χ4n) is 3.42. The Balaban J connectivity index is 1.55. The molecule has 3 aromatic carbocycles. The molecule has 2 amide bonds. The number of sulfonamides is 1. The number of nitrogens with one attached hydrogen (secondary N) is 2. The minimum atomic E-state index is -3.62. The van der Waals surface area contributed by atoms with Crippen molar-refractivity contribution in [3.63, 3.8) is 0 Å². The van der Waals surface area contributed by atoms with Crippen molar-refractivity contribution < 1.29 is 13.2 Å². The molecule has 0 fully saturated rings. The number of para-hydroxylation sites is 1. The van der Waals surface area contributed by atoms with Gasteiger partial charge in [0.15, 0.2) is 0 Å². The van der Waals surface area contributed by atoms with Crippen molar-refractivity contribution in [2.75, 3.05) is 21.5 Å².